The summed E-state index contributed by atoms with van der Waals surface area (Å²) in [5.74, 6) is -0.482. The fraction of sp³-hybridized carbons (Fsp3) is 0.200. The lowest BCUT2D eigenvalue weighted by molar-refractivity contribution is -0.119. The topological polar surface area (TPSA) is 63.9 Å². The van der Waals surface area contributed by atoms with E-state index in [1.54, 1.807) is 21.8 Å². The van der Waals surface area contributed by atoms with Gasteiger partial charge in [0.05, 0.1) is 28.1 Å². The highest BCUT2D eigenvalue weighted by atomic mass is 32.1. The highest BCUT2D eigenvalue weighted by molar-refractivity contribution is 7.22. The van der Waals surface area contributed by atoms with Gasteiger partial charge in [-0.1, -0.05) is 17.4 Å². The van der Waals surface area contributed by atoms with Crippen LogP contribution >= 0.6 is 11.3 Å². The van der Waals surface area contributed by atoms with Crippen molar-refractivity contribution in [2.45, 2.75) is 26.9 Å². The summed E-state index contributed by atoms with van der Waals surface area (Å²) in [6, 6.07) is 11.9. The number of pyridine rings is 1. The largest absolute Gasteiger partial charge is 0.280 e. The van der Waals surface area contributed by atoms with Gasteiger partial charge in [0.25, 0.3) is 5.91 Å². The monoisotopic (exact) mass is 395 g/mol. The molecule has 3 aromatic heterocycles. The van der Waals surface area contributed by atoms with Gasteiger partial charge in [-0.05, 0) is 50.2 Å². The molecule has 142 valence electrons. The fourth-order valence-corrected chi connectivity index (χ4v) is 3.97. The lowest BCUT2D eigenvalue weighted by Crippen LogP contribution is -2.34. The molecule has 0 N–H and O–H groups in total. The van der Waals surface area contributed by atoms with Gasteiger partial charge in [0.15, 0.2) is 5.13 Å². The van der Waals surface area contributed by atoms with Crippen LogP contribution in [0.3, 0.4) is 0 Å². The lowest BCUT2D eigenvalue weighted by atomic mass is 10.3. The van der Waals surface area contributed by atoms with Crippen molar-refractivity contribution in [3.63, 3.8) is 0 Å². The highest BCUT2D eigenvalue weighted by Crippen LogP contribution is 2.30. The summed E-state index contributed by atoms with van der Waals surface area (Å²) in [7, 11) is 0. The third-order valence-corrected chi connectivity index (χ3v) is 5.35. The summed E-state index contributed by atoms with van der Waals surface area (Å²) < 4.78 is 15.9. The van der Waals surface area contributed by atoms with Gasteiger partial charge in [-0.15, -0.1) is 0 Å². The molecule has 6 nitrogen and oxygen atoms in total. The number of halogens is 1. The van der Waals surface area contributed by atoms with E-state index in [4.69, 9.17) is 0 Å². The van der Waals surface area contributed by atoms with E-state index >= 15 is 0 Å². The zero-order chi connectivity index (χ0) is 19.7. The molecule has 28 heavy (non-hydrogen) atoms. The van der Waals surface area contributed by atoms with Crippen molar-refractivity contribution in [2.75, 3.05) is 4.90 Å². The maximum atomic E-state index is 13.6. The Kier molecular flexibility index (Phi) is 4.87. The van der Waals surface area contributed by atoms with Gasteiger partial charge in [-0.3, -0.25) is 19.4 Å². The highest BCUT2D eigenvalue weighted by Gasteiger charge is 2.22. The number of hydrogen-bond donors (Lipinski definition) is 0. The van der Waals surface area contributed by atoms with Crippen LogP contribution in [-0.4, -0.2) is 25.7 Å². The second-order valence-corrected chi connectivity index (χ2v) is 7.50. The molecule has 0 bridgehead atoms. The summed E-state index contributed by atoms with van der Waals surface area (Å²) in [5.41, 5.74) is 3.17. The fourth-order valence-electron chi connectivity index (χ4n) is 2.97. The Labute approximate surface area is 165 Å². The predicted molar refractivity (Wildman–Crippen MR) is 107 cm³/mol. The van der Waals surface area contributed by atoms with Crippen molar-refractivity contribution in [2.24, 2.45) is 0 Å². The number of hydrogen-bond acceptors (Lipinski definition) is 5. The molecule has 0 unspecified atom stereocenters. The Morgan fingerprint density at radius 3 is 2.79 bits per heavy atom. The number of carbonyl (C=O) groups excluding carboxylic acids is 1. The first-order valence-corrected chi connectivity index (χ1v) is 9.58. The Balaban J connectivity index is 1.69. The van der Waals surface area contributed by atoms with Gasteiger partial charge in [-0.2, -0.15) is 5.10 Å². The Morgan fingerprint density at radius 1 is 1.21 bits per heavy atom. The standard InChI is InChI=1S/C20H18FN5OS/c1-13-9-14(2)26(24-13)12-19(27)25(11-16-5-3-4-8-22-16)20-23-17-7-6-15(21)10-18(17)28-20/h3-10H,11-12H2,1-2H3. The van der Waals surface area contributed by atoms with Crippen LogP contribution in [0.4, 0.5) is 9.52 Å². The molecule has 0 saturated heterocycles. The summed E-state index contributed by atoms with van der Waals surface area (Å²) in [4.78, 5) is 23.6. The molecule has 0 spiro atoms. The lowest BCUT2D eigenvalue weighted by Gasteiger charge is -2.20. The van der Waals surface area contributed by atoms with Gasteiger partial charge in [-0.25, -0.2) is 9.37 Å². The minimum absolute atomic E-state index is 0.0940. The van der Waals surface area contributed by atoms with E-state index in [-0.39, 0.29) is 24.8 Å². The number of amides is 1. The Bertz CT molecular complexity index is 1140. The first-order chi connectivity index (χ1) is 13.5. The van der Waals surface area contributed by atoms with Crippen LogP contribution in [0.5, 0.6) is 0 Å². The molecule has 4 aromatic rings. The summed E-state index contributed by atoms with van der Waals surface area (Å²) in [5, 5.41) is 4.89. The quantitative estimate of drug-likeness (QED) is 0.514. The van der Waals surface area contributed by atoms with Crippen molar-refractivity contribution in [3.05, 3.63) is 71.6 Å². The number of anilines is 1. The van der Waals surface area contributed by atoms with Crippen LogP contribution in [-0.2, 0) is 17.9 Å². The average molecular weight is 395 g/mol. The minimum Gasteiger partial charge on any atom is -0.280 e. The second-order valence-electron chi connectivity index (χ2n) is 6.49. The number of nitrogens with zero attached hydrogens (tertiary/aromatic N) is 5. The van der Waals surface area contributed by atoms with Crippen LogP contribution in [0.1, 0.15) is 17.1 Å². The molecule has 4 rings (SSSR count). The predicted octanol–water partition coefficient (Wildman–Crippen LogP) is 3.88. The van der Waals surface area contributed by atoms with Gasteiger partial charge in [0.2, 0.25) is 0 Å². The molecule has 3 heterocycles. The molecule has 1 amide bonds. The molecular formula is C20H18FN5OS. The van der Waals surface area contributed by atoms with E-state index in [0.29, 0.717) is 15.3 Å². The summed E-state index contributed by atoms with van der Waals surface area (Å²) in [6.45, 7) is 4.18. The van der Waals surface area contributed by atoms with E-state index in [1.165, 1.54) is 23.5 Å². The van der Waals surface area contributed by atoms with Crippen molar-refractivity contribution < 1.29 is 9.18 Å². The van der Waals surface area contributed by atoms with Crippen LogP contribution in [0, 0.1) is 19.7 Å². The maximum absolute atomic E-state index is 13.6. The molecule has 1 aromatic carbocycles. The molecule has 0 radical (unpaired) electrons. The molecule has 0 fully saturated rings. The number of carbonyl (C=O) groups is 1. The normalized spacial score (nSPS) is 11.1. The van der Waals surface area contributed by atoms with Gasteiger partial charge in [0, 0.05) is 11.9 Å². The van der Waals surface area contributed by atoms with Crippen LogP contribution in [0.2, 0.25) is 0 Å². The van der Waals surface area contributed by atoms with Crippen LogP contribution in [0.25, 0.3) is 10.2 Å². The average Bonchev–Trinajstić information content (AvgIpc) is 3.22. The van der Waals surface area contributed by atoms with E-state index in [9.17, 15) is 9.18 Å². The molecule has 0 aliphatic heterocycles. The van der Waals surface area contributed by atoms with Crippen molar-refractivity contribution >= 4 is 32.6 Å². The first-order valence-electron chi connectivity index (χ1n) is 8.77. The third-order valence-electron chi connectivity index (χ3n) is 4.31. The number of aryl methyl sites for hydroxylation is 2. The van der Waals surface area contributed by atoms with Gasteiger partial charge < -0.3 is 0 Å². The number of benzene rings is 1. The van der Waals surface area contributed by atoms with E-state index in [1.807, 2.05) is 38.1 Å². The molecule has 0 aliphatic carbocycles. The third kappa shape index (κ3) is 3.77. The van der Waals surface area contributed by atoms with Gasteiger partial charge in [0.1, 0.15) is 12.4 Å². The van der Waals surface area contributed by atoms with E-state index in [2.05, 4.69) is 15.1 Å². The van der Waals surface area contributed by atoms with Crippen LogP contribution < -0.4 is 4.90 Å². The minimum atomic E-state index is -0.326. The number of rotatable bonds is 5. The molecule has 8 heteroatoms. The number of fused-ring (bicyclic) bond motifs is 1. The molecular weight excluding hydrogens is 377 g/mol. The van der Waals surface area contributed by atoms with Crippen molar-refractivity contribution in [1.82, 2.24) is 19.7 Å². The van der Waals surface area contributed by atoms with Crippen LogP contribution in [0.15, 0.2) is 48.7 Å². The Hall–Kier alpha value is -3.13. The Morgan fingerprint density at radius 2 is 2.07 bits per heavy atom. The summed E-state index contributed by atoms with van der Waals surface area (Å²) in [6.07, 6.45) is 1.69. The van der Waals surface area contributed by atoms with E-state index < -0.39 is 0 Å². The zero-order valence-electron chi connectivity index (χ0n) is 15.5. The van der Waals surface area contributed by atoms with Crippen molar-refractivity contribution in [1.29, 1.82) is 0 Å². The molecule has 0 saturated carbocycles. The summed E-state index contributed by atoms with van der Waals surface area (Å²) >= 11 is 1.28. The second kappa shape index (κ2) is 7.47. The number of thiazole rings is 1. The first kappa shape index (κ1) is 18.2. The number of aromatic nitrogens is 4. The zero-order valence-corrected chi connectivity index (χ0v) is 16.3. The SMILES string of the molecule is Cc1cc(C)n(CC(=O)N(Cc2ccccn2)c2nc3ccc(F)cc3s2)n1. The van der Waals surface area contributed by atoms with E-state index in [0.717, 1.165) is 17.1 Å². The smallest absolute Gasteiger partial charge is 0.250 e. The molecule has 0 atom stereocenters. The van der Waals surface area contributed by atoms with Gasteiger partial charge >= 0.3 is 0 Å². The van der Waals surface area contributed by atoms with Crippen molar-refractivity contribution in [3.8, 4) is 0 Å². The maximum Gasteiger partial charge on any atom is 0.250 e. The molecule has 0 aliphatic rings.